The number of anilines is 1. The third-order valence-electron chi connectivity index (χ3n) is 4.02. The van der Waals surface area contributed by atoms with Gasteiger partial charge in [0.05, 0.1) is 24.8 Å². The predicted octanol–water partition coefficient (Wildman–Crippen LogP) is 2.27. The quantitative estimate of drug-likeness (QED) is 0.777. The van der Waals surface area contributed by atoms with Crippen molar-refractivity contribution in [3.8, 4) is 6.07 Å². The van der Waals surface area contributed by atoms with Gasteiger partial charge < -0.3 is 10.6 Å². The Hall–Kier alpha value is -1.91. The Morgan fingerprint density at radius 1 is 1.25 bits per heavy atom. The molecule has 0 atom stereocenters. The van der Waals surface area contributed by atoms with Crippen molar-refractivity contribution >= 4 is 33.4 Å². The standard InChI is InChI=1S/C17H21BrN4O2/c1-22(10-15(23)20-14-7-3-2-6-13(14)18)11-16(24)21-17(12-19)8-4-5-9-17/h2-3,6-7H,4-5,8-11H2,1H3,(H,20,23)(H,21,24). The highest BCUT2D eigenvalue weighted by molar-refractivity contribution is 9.10. The molecule has 0 saturated heterocycles. The Bertz CT molecular complexity index is 650. The molecule has 128 valence electrons. The number of carbonyl (C=O) groups is 2. The molecule has 0 bridgehead atoms. The first-order chi connectivity index (χ1) is 11.4. The summed E-state index contributed by atoms with van der Waals surface area (Å²) in [4.78, 5) is 25.8. The van der Waals surface area contributed by atoms with E-state index in [0.29, 0.717) is 18.5 Å². The van der Waals surface area contributed by atoms with Gasteiger partial charge in [0, 0.05) is 4.47 Å². The second-order valence-electron chi connectivity index (χ2n) is 6.15. The first kappa shape index (κ1) is 18.4. The zero-order valence-corrected chi connectivity index (χ0v) is 15.2. The molecule has 2 amide bonds. The van der Waals surface area contributed by atoms with Crippen LogP contribution in [0.1, 0.15) is 25.7 Å². The molecule has 24 heavy (non-hydrogen) atoms. The van der Waals surface area contributed by atoms with Gasteiger partial charge >= 0.3 is 0 Å². The molecule has 0 aromatic heterocycles. The van der Waals surface area contributed by atoms with Crippen LogP contribution in [0.5, 0.6) is 0 Å². The highest BCUT2D eigenvalue weighted by atomic mass is 79.9. The summed E-state index contributed by atoms with van der Waals surface area (Å²) in [5.74, 6) is -0.428. The number of benzene rings is 1. The average molecular weight is 393 g/mol. The van der Waals surface area contributed by atoms with Crippen LogP contribution in [0.15, 0.2) is 28.7 Å². The Labute approximate surface area is 150 Å². The molecule has 1 saturated carbocycles. The van der Waals surface area contributed by atoms with Crippen molar-refractivity contribution in [3.63, 3.8) is 0 Å². The number of halogens is 1. The summed E-state index contributed by atoms with van der Waals surface area (Å²) in [6.45, 7) is 0.168. The molecule has 1 aliphatic carbocycles. The molecule has 0 aliphatic heterocycles. The van der Waals surface area contributed by atoms with Gasteiger partial charge in [-0.2, -0.15) is 5.26 Å². The van der Waals surface area contributed by atoms with Crippen LogP contribution in [0.25, 0.3) is 0 Å². The first-order valence-electron chi connectivity index (χ1n) is 7.89. The number of carbonyl (C=O) groups excluding carboxylic acids is 2. The van der Waals surface area contributed by atoms with Crippen molar-refractivity contribution in [1.82, 2.24) is 10.2 Å². The molecular weight excluding hydrogens is 372 g/mol. The third-order valence-corrected chi connectivity index (χ3v) is 4.72. The van der Waals surface area contributed by atoms with E-state index in [4.69, 9.17) is 0 Å². The normalized spacial score (nSPS) is 15.8. The fourth-order valence-electron chi connectivity index (χ4n) is 2.85. The van der Waals surface area contributed by atoms with Gasteiger partial charge in [0.1, 0.15) is 5.54 Å². The summed E-state index contributed by atoms with van der Waals surface area (Å²) in [6, 6.07) is 9.57. The Morgan fingerprint density at radius 2 is 1.88 bits per heavy atom. The van der Waals surface area contributed by atoms with Gasteiger partial charge in [-0.3, -0.25) is 14.5 Å². The Balaban J connectivity index is 1.81. The van der Waals surface area contributed by atoms with E-state index in [-0.39, 0.29) is 24.9 Å². The van der Waals surface area contributed by atoms with Gasteiger partial charge in [0.15, 0.2) is 0 Å². The minimum atomic E-state index is -0.727. The van der Waals surface area contributed by atoms with Crippen molar-refractivity contribution in [2.75, 3.05) is 25.5 Å². The van der Waals surface area contributed by atoms with Crippen LogP contribution < -0.4 is 10.6 Å². The van der Waals surface area contributed by atoms with E-state index in [0.717, 1.165) is 17.3 Å². The lowest BCUT2D eigenvalue weighted by molar-refractivity contribution is -0.124. The van der Waals surface area contributed by atoms with Crippen LogP contribution in [0.3, 0.4) is 0 Å². The number of amides is 2. The predicted molar refractivity (Wildman–Crippen MR) is 95.2 cm³/mol. The molecule has 0 heterocycles. The zero-order valence-electron chi connectivity index (χ0n) is 13.6. The summed E-state index contributed by atoms with van der Waals surface area (Å²) in [5.41, 5.74) is -0.0375. The SMILES string of the molecule is CN(CC(=O)Nc1ccccc1Br)CC(=O)NC1(C#N)CCCC1. The van der Waals surface area contributed by atoms with Crippen LogP contribution >= 0.6 is 15.9 Å². The number of nitrogens with one attached hydrogen (secondary N) is 2. The second-order valence-corrected chi connectivity index (χ2v) is 7.00. The fraction of sp³-hybridized carbons (Fsp3) is 0.471. The summed E-state index contributed by atoms with van der Waals surface area (Å²) in [6.07, 6.45) is 3.30. The number of hydrogen-bond acceptors (Lipinski definition) is 4. The summed E-state index contributed by atoms with van der Waals surface area (Å²) in [5, 5.41) is 14.9. The van der Waals surface area contributed by atoms with Gasteiger partial charge in [-0.25, -0.2) is 0 Å². The number of nitrogens with zero attached hydrogens (tertiary/aromatic N) is 2. The number of likely N-dealkylation sites (N-methyl/N-ethyl adjacent to an activating group) is 1. The molecule has 1 aromatic rings. The van der Waals surface area contributed by atoms with E-state index in [2.05, 4.69) is 32.6 Å². The van der Waals surface area contributed by atoms with Crippen LogP contribution in [0, 0.1) is 11.3 Å². The number of nitriles is 1. The van der Waals surface area contributed by atoms with Crippen LogP contribution in [-0.2, 0) is 9.59 Å². The maximum atomic E-state index is 12.1. The van der Waals surface area contributed by atoms with E-state index < -0.39 is 5.54 Å². The van der Waals surface area contributed by atoms with Gasteiger partial charge in [0.25, 0.3) is 0 Å². The zero-order chi connectivity index (χ0) is 17.6. The largest absolute Gasteiger partial charge is 0.337 e. The van der Waals surface area contributed by atoms with Crippen LogP contribution in [0.2, 0.25) is 0 Å². The van der Waals surface area contributed by atoms with Crippen molar-refractivity contribution in [2.45, 2.75) is 31.2 Å². The van der Waals surface area contributed by atoms with E-state index in [1.807, 2.05) is 18.2 Å². The van der Waals surface area contributed by atoms with Crippen LogP contribution in [-0.4, -0.2) is 42.4 Å². The van der Waals surface area contributed by atoms with E-state index in [9.17, 15) is 14.9 Å². The maximum Gasteiger partial charge on any atom is 0.238 e. The van der Waals surface area contributed by atoms with Gasteiger partial charge in [-0.15, -0.1) is 0 Å². The molecule has 7 heteroatoms. The molecule has 2 N–H and O–H groups in total. The lowest BCUT2D eigenvalue weighted by atomic mass is 10.00. The maximum absolute atomic E-state index is 12.1. The molecule has 6 nitrogen and oxygen atoms in total. The molecule has 2 rings (SSSR count). The van der Waals surface area contributed by atoms with E-state index in [1.54, 1.807) is 18.0 Å². The third kappa shape index (κ3) is 5.05. The average Bonchev–Trinajstić information content (AvgIpc) is 2.98. The Kier molecular flexibility index (Phi) is 6.35. The van der Waals surface area contributed by atoms with Gasteiger partial charge in [0.2, 0.25) is 11.8 Å². The van der Waals surface area contributed by atoms with Gasteiger partial charge in [-0.1, -0.05) is 12.1 Å². The number of para-hydroxylation sites is 1. The lowest BCUT2D eigenvalue weighted by Crippen LogP contribution is -2.49. The summed E-state index contributed by atoms with van der Waals surface area (Å²) < 4.78 is 0.802. The van der Waals surface area contributed by atoms with Gasteiger partial charge in [-0.05, 0) is 60.8 Å². The van der Waals surface area contributed by atoms with Crippen molar-refractivity contribution < 1.29 is 9.59 Å². The molecule has 1 aliphatic rings. The van der Waals surface area contributed by atoms with E-state index in [1.165, 1.54) is 0 Å². The first-order valence-corrected chi connectivity index (χ1v) is 8.69. The topological polar surface area (TPSA) is 85.2 Å². The van der Waals surface area contributed by atoms with Crippen molar-refractivity contribution in [3.05, 3.63) is 28.7 Å². The van der Waals surface area contributed by atoms with Crippen molar-refractivity contribution in [2.24, 2.45) is 0 Å². The second kappa shape index (κ2) is 8.27. The molecule has 1 fully saturated rings. The minimum absolute atomic E-state index is 0.0762. The highest BCUT2D eigenvalue weighted by Crippen LogP contribution is 2.28. The van der Waals surface area contributed by atoms with E-state index >= 15 is 0 Å². The molecule has 0 spiro atoms. The molecule has 0 unspecified atom stereocenters. The number of rotatable bonds is 6. The van der Waals surface area contributed by atoms with Crippen LogP contribution in [0.4, 0.5) is 5.69 Å². The highest BCUT2D eigenvalue weighted by Gasteiger charge is 2.35. The lowest BCUT2D eigenvalue weighted by Gasteiger charge is -2.24. The smallest absolute Gasteiger partial charge is 0.238 e. The summed E-state index contributed by atoms with van der Waals surface area (Å²) in [7, 11) is 1.70. The number of hydrogen-bond donors (Lipinski definition) is 2. The Morgan fingerprint density at radius 3 is 2.50 bits per heavy atom. The monoisotopic (exact) mass is 392 g/mol. The van der Waals surface area contributed by atoms with Crippen molar-refractivity contribution in [1.29, 1.82) is 5.26 Å². The molecule has 0 radical (unpaired) electrons. The fourth-order valence-corrected chi connectivity index (χ4v) is 3.23. The molecular formula is C17H21BrN4O2. The summed E-state index contributed by atoms with van der Waals surface area (Å²) >= 11 is 3.37. The molecule has 1 aromatic carbocycles. The minimum Gasteiger partial charge on any atom is -0.337 e.